The maximum Gasteiger partial charge on any atom is 0.247 e. The molecule has 1 aromatic heterocycles. The van der Waals surface area contributed by atoms with E-state index < -0.39 is 6.04 Å². The third-order valence-electron chi connectivity index (χ3n) is 5.87. The molecule has 4 rings (SSSR count). The molecule has 176 valence electrons. The highest BCUT2D eigenvalue weighted by Gasteiger charge is 2.22. The number of carbonyl (C=O) groups excluding carboxylic acids is 1. The number of amides is 1. The number of hydrogen-bond acceptors (Lipinski definition) is 6. The average molecular weight is 465 g/mol. The molecule has 0 saturated carbocycles. The Kier molecular flexibility index (Phi) is 7.66. The van der Waals surface area contributed by atoms with E-state index in [2.05, 4.69) is 39.1 Å². The van der Waals surface area contributed by atoms with Crippen molar-refractivity contribution in [3.05, 3.63) is 107 Å². The maximum absolute atomic E-state index is 13.3. The number of anilines is 1. The molecule has 3 unspecified atom stereocenters. The summed E-state index contributed by atoms with van der Waals surface area (Å²) in [6, 6.07) is 22.6. The van der Waals surface area contributed by atoms with Gasteiger partial charge in [-0.2, -0.15) is 10.4 Å². The Morgan fingerprint density at radius 2 is 1.86 bits per heavy atom. The monoisotopic (exact) mass is 464 g/mol. The smallest absolute Gasteiger partial charge is 0.247 e. The van der Waals surface area contributed by atoms with E-state index in [0.717, 1.165) is 22.4 Å². The normalized spacial score (nSPS) is 16.4. The first-order valence-electron chi connectivity index (χ1n) is 11.6. The Morgan fingerprint density at radius 1 is 1.09 bits per heavy atom. The Labute approximate surface area is 205 Å². The fourth-order valence-corrected chi connectivity index (χ4v) is 3.77. The summed E-state index contributed by atoms with van der Waals surface area (Å²) < 4.78 is 0. The number of nitrogens with one attached hydrogen (secondary N) is 3. The van der Waals surface area contributed by atoms with Crippen molar-refractivity contribution < 1.29 is 4.79 Å². The van der Waals surface area contributed by atoms with Crippen molar-refractivity contribution in [3.63, 3.8) is 0 Å². The summed E-state index contributed by atoms with van der Waals surface area (Å²) in [6.45, 7) is 4.70. The zero-order chi connectivity index (χ0) is 24.6. The average Bonchev–Trinajstić information content (AvgIpc) is 2.90. The van der Waals surface area contributed by atoms with Crippen LogP contribution in [0.4, 0.5) is 5.82 Å². The summed E-state index contributed by atoms with van der Waals surface area (Å²) in [6.07, 6.45) is 5.70. The van der Waals surface area contributed by atoms with Crippen LogP contribution in [-0.4, -0.2) is 29.2 Å². The summed E-state index contributed by atoms with van der Waals surface area (Å²) in [5.74, 6) is 0.442. The van der Waals surface area contributed by atoms with Gasteiger partial charge in [0.1, 0.15) is 11.9 Å². The van der Waals surface area contributed by atoms with Gasteiger partial charge in [0.05, 0.1) is 23.4 Å². The van der Waals surface area contributed by atoms with Gasteiger partial charge in [-0.3, -0.25) is 4.79 Å². The molecule has 0 spiro atoms. The van der Waals surface area contributed by atoms with Crippen molar-refractivity contribution in [1.29, 1.82) is 5.26 Å². The lowest BCUT2D eigenvalue weighted by Crippen LogP contribution is -2.35. The first kappa shape index (κ1) is 23.9. The second-order valence-electron chi connectivity index (χ2n) is 8.58. The molecular weight excluding hydrogens is 436 g/mol. The number of hydrogen-bond donors (Lipinski definition) is 3. The van der Waals surface area contributed by atoms with E-state index in [1.54, 1.807) is 12.3 Å². The van der Waals surface area contributed by atoms with Crippen LogP contribution in [-0.2, 0) is 4.79 Å². The van der Waals surface area contributed by atoms with E-state index in [4.69, 9.17) is 5.26 Å². The molecule has 0 aliphatic carbocycles. The van der Waals surface area contributed by atoms with E-state index in [-0.39, 0.29) is 17.9 Å². The molecule has 3 aromatic rings. The number of carbonyl (C=O) groups is 1. The number of rotatable bonds is 8. The van der Waals surface area contributed by atoms with Gasteiger partial charge in [0, 0.05) is 18.3 Å². The standard InChI is InChI=1S/C28H28N6O/c1-19(22-11-9-21(16-29)10-12-22)17-31-27(23-6-4-3-5-7-23)28(35)32-26-15-13-24(18-30-26)25-14-8-20(2)33-34-25/h3-15,18-20,27,31,33H,17H2,1-2H3,(H,30,32,35). The number of hydrazone groups is 1. The highest BCUT2D eigenvalue weighted by molar-refractivity contribution is 6.09. The summed E-state index contributed by atoms with van der Waals surface area (Å²) in [7, 11) is 0. The summed E-state index contributed by atoms with van der Waals surface area (Å²) >= 11 is 0. The second-order valence-corrected chi connectivity index (χ2v) is 8.58. The number of aromatic nitrogens is 1. The topological polar surface area (TPSA) is 102 Å². The molecule has 7 heteroatoms. The van der Waals surface area contributed by atoms with Crippen molar-refractivity contribution in [2.45, 2.75) is 31.8 Å². The zero-order valence-corrected chi connectivity index (χ0v) is 19.8. The number of pyridine rings is 1. The summed E-state index contributed by atoms with van der Waals surface area (Å²) in [4.78, 5) is 17.7. The molecule has 7 nitrogen and oxygen atoms in total. The molecule has 3 N–H and O–H groups in total. The van der Waals surface area contributed by atoms with Crippen LogP contribution in [0.5, 0.6) is 0 Å². The van der Waals surface area contributed by atoms with Gasteiger partial charge < -0.3 is 16.1 Å². The highest BCUT2D eigenvalue weighted by Crippen LogP contribution is 2.20. The van der Waals surface area contributed by atoms with Crippen LogP contribution in [0.3, 0.4) is 0 Å². The number of nitrogens with zero attached hydrogens (tertiary/aromatic N) is 3. The number of allylic oxidation sites excluding steroid dienone is 1. The minimum absolute atomic E-state index is 0.153. The van der Waals surface area contributed by atoms with Crippen LogP contribution in [0.25, 0.3) is 0 Å². The fraction of sp³-hybridized carbons (Fsp3) is 0.214. The van der Waals surface area contributed by atoms with E-state index in [9.17, 15) is 4.79 Å². The third-order valence-corrected chi connectivity index (χ3v) is 5.87. The van der Waals surface area contributed by atoms with Gasteiger partial charge in [-0.05, 0) is 54.3 Å². The molecule has 1 aliphatic heterocycles. The maximum atomic E-state index is 13.3. The lowest BCUT2D eigenvalue weighted by Gasteiger charge is -2.21. The Balaban J connectivity index is 1.44. The zero-order valence-electron chi connectivity index (χ0n) is 19.8. The molecule has 1 aliphatic rings. The lowest BCUT2D eigenvalue weighted by atomic mass is 9.98. The Bertz CT molecular complexity index is 1240. The number of benzene rings is 2. The highest BCUT2D eigenvalue weighted by atomic mass is 16.2. The van der Waals surface area contributed by atoms with Crippen molar-refractivity contribution in [3.8, 4) is 6.07 Å². The predicted molar refractivity (Wildman–Crippen MR) is 138 cm³/mol. The minimum Gasteiger partial charge on any atom is -0.309 e. The SMILES string of the molecule is CC1C=CC(c2ccc(NC(=O)C(NCC(C)c3ccc(C#N)cc3)c3ccccc3)nc2)=NN1. The number of nitriles is 1. The van der Waals surface area contributed by atoms with E-state index in [1.165, 1.54) is 0 Å². The Hall–Kier alpha value is -4.28. The molecule has 0 radical (unpaired) electrons. The molecule has 3 atom stereocenters. The lowest BCUT2D eigenvalue weighted by molar-refractivity contribution is -0.118. The minimum atomic E-state index is -0.546. The van der Waals surface area contributed by atoms with Crippen LogP contribution in [0.2, 0.25) is 0 Å². The molecule has 0 saturated heterocycles. The first-order valence-corrected chi connectivity index (χ1v) is 11.6. The molecule has 2 heterocycles. The molecule has 0 bridgehead atoms. The van der Waals surface area contributed by atoms with Gasteiger partial charge in [-0.25, -0.2) is 4.98 Å². The molecule has 35 heavy (non-hydrogen) atoms. The quantitative estimate of drug-likeness (QED) is 0.462. The molecule has 2 aromatic carbocycles. The van der Waals surface area contributed by atoms with Crippen molar-refractivity contribution >= 4 is 17.4 Å². The molecule has 1 amide bonds. The fourth-order valence-electron chi connectivity index (χ4n) is 3.77. The van der Waals surface area contributed by atoms with Gasteiger partial charge in [-0.1, -0.05) is 55.5 Å². The van der Waals surface area contributed by atoms with Crippen LogP contribution in [0.1, 0.15) is 48.1 Å². The molecular formula is C28H28N6O. The van der Waals surface area contributed by atoms with Crippen LogP contribution < -0.4 is 16.1 Å². The Morgan fingerprint density at radius 3 is 2.49 bits per heavy atom. The van der Waals surface area contributed by atoms with Gasteiger partial charge >= 0.3 is 0 Å². The van der Waals surface area contributed by atoms with Crippen LogP contribution in [0.15, 0.2) is 90.2 Å². The second kappa shape index (κ2) is 11.2. The van der Waals surface area contributed by atoms with E-state index >= 15 is 0 Å². The van der Waals surface area contributed by atoms with E-state index in [0.29, 0.717) is 17.9 Å². The van der Waals surface area contributed by atoms with Crippen LogP contribution >= 0.6 is 0 Å². The molecule has 0 fully saturated rings. The van der Waals surface area contributed by atoms with Gasteiger partial charge in [0.25, 0.3) is 0 Å². The van der Waals surface area contributed by atoms with Crippen molar-refractivity contribution in [2.75, 3.05) is 11.9 Å². The van der Waals surface area contributed by atoms with Gasteiger partial charge in [-0.15, -0.1) is 0 Å². The summed E-state index contributed by atoms with van der Waals surface area (Å²) in [5.41, 5.74) is 7.30. The summed E-state index contributed by atoms with van der Waals surface area (Å²) in [5, 5.41) is 19.7. The third kappa shape index (κ3) is 6.19. The largest absolute Gasteiger partial charge is 0.309 e. The van der Waals surface area contributed by atoms with Gasteiger partial charge in [0.15, 0.2) is 0 Å². The van der Waals surface area contributed by atoms with Crippen LogP contribution in [0, 0.1) is 11.3 Å². The van der Waals surface area contributed by atoms with E-state index in [1.807, 2.05) is 79.7 Å². The van der Waals surface area contributed by atoms with Crippen molar-refractivity contribution in [1.82, 2.24) is 15.7 Å². The van der Waals surface area contributed by atoms with Gasteiger partial charge in [0.2, 0.25) is 5.91 Å². The first-order chi connectivity index (χ1) is 17.0. The predicted octanol–water partition coefficient (Wildman–Crippen LogP) is 4.28. The van der Waals surface area contributed by atoms with Crippen molar-refractivity contribution in [2.24, 2.45) is 5.10 Å².